The molecule has 2 aromatic heterocycles. The highest BCUT2D eigenvalue weighted by atomic mass is 35.5. The van der Waals surface area contributed by atoms with Crippen LogP contribution >= 0.6 is 11.6 Å². The first-order valence-corrected chi connectivity index (χ1v) is 11.8. The van der Waals surface area contributed by atoms with Crippen LogP contribution in [0.4, 0.5) is 18.9 Å². The molecule has 4 heterocycles. The van der Waals surface area contributed by atoms with E-state index in [9.17, 15) is 28.5 Å². The number of fused-ring (bicyclic) bond motifs is 1. The normalized spacial score (nSPS) is 23.4. The molecule has 4 atom stereocenters. The molecule has 0 radical (unpaired) electrons. The van der Waals surface area contributed by atoms with E-state index in [2.05, 4.69) is 19.9 Å². The summed E-state index contributed by atoms with van der Waals surface area (Å²) in [5.74, 6) is -2.76. The number of carbonyl (C=O) groups is 1. The molecule has 0 unspecified atom stereocenters. The first-order valence-electron chi connectivity index (χ1n) is 11.4. The largest absolute Gasteiger partial charge is 0.490 e. The highest BCUT2D eigenvalue weighted by Crippen LogP contribution is 2.32. The van der Waals surface area contributed by atoms with Crippen LogP contribution in [-0.2, 0) is 9.53 Å². The number of pyridine rings is 1. The molecule has 2 aliphatic heterocycles. The van der Waals surface area contributed by atoms with Gasteiger partial charge in [0, 0.05) is 24.3 Å². The Bertz CT molecular complexity index is 1270. The number of anilines is 1. The second kappa shape index (κ2) is 11.3. The van der Waals surface area contributed by atoms with Crippen molar-refractivity contribution in [3.63, 3.8) is 0 Å². The molecule has 5 rings (SSSR count). The number of aromatic amines is 1. The first kappa shape index (κ1) is 27.9. The molecule has 206 valence electrons. The Kier molecular flexibility index (Phi) is 8.28. The molecule has 2 saturated heterocycles. The zero-order valence-electron chi connectivity index (χ0n) is 19.6. The van der Waals surface area contributed by atoms with Gasteiger partial charge < -0.3 is 39.8 Å². The van der Waals surface area contributed by atoms with E-state index in [4.69, 9.17) is 31.0 Å². The summed E-state index contributed by atoms with van der Waals surface area (Å²) < 4.78 is 42.7. The molecule has 38 heavy (non-hydrogen) atoms. The van der Waals surface area contributed by atoms with E-state index < -0.39 is 30.5 Å². The number of nitrogens with zero attached hydrogens (tertiary/aromatic N) is 3. The third-order valence-corrected chi connectivity index (χ3v) is 6.28. The van der Waals surface area contributed by atoms with E-state index in [0.29, 0.717) is 28.4 Å². The van der Waals surface area contributed by atoms with Gasteiger partial charge in [0.2, 0.25) is 0 Å². The average Bonchev–Trinajstić information content (AvgIpc) is 3.57. The van der Waals surface area contributed by atoms with Crippen LogP contribution in [0.5, 0.6) is 6.01 Å². The van der Waals surface area contributed by atoms with E-state index in [1.165, 1.54) is 0 Å². The lowest BCUT2D eigenvalue weighted by Crippen LogP contribution is -2.36. The highest BCUT2D eigenvalue weighted by molar-refractivity contribution is 6.33. The number of nitrogens with one attached hydrogen (secondary N) is 1. The van der Waals surface area contributed by atoms with Crippen LogP contribution in [0.1, 0.15) is 6.42 Å². The number of rotatable bonds is 5. The molecule has 0 amide bonds. The fourth-order valence-electron chi connectivity index (χ4n) is 4.02. The van der Waals surface area contributed by atoms with Crippen molar-refractivity contribution in [3.05, 3.63) is 35.4 Å². The summed E-state index contributed by atoms with van der Waals surface area (Å²) in [7, 11) is 0. The lowest BCUT2D eigenvalue weighted by Gasteiger charge is -2.18. The second-order valence-corrected chi connectivity index (χ2v) is 9.08. The van der Waals surface area contributed by atoms with Crippen LogP contribution in [-0.4, -0.2) is 98.2 Å². The van der Waals surface area contributed by atoms with Gasteiger partial charge in [0.15, 0.2) is 11.8 Å². The number of hydrogen-bond donors (Lipinski definition) is 5. The molecule has 15 heteroatoms. The minimum absolute atomic E-state index is 0.156. The predicted molar refractivity (Wildman–Crippen MR) is 128 cm³/mol. The number of aliphatic hydroxyl groups is 3. The zero-order chi connectivity index (χ0) is 27.6. The molecular weight excluding hydrogens is 537 g/mol. The number of carboxylic acids is 1. The molecule has 1 aromatic carbocycles. The van der Waals surface area contributed by atoms with Gasteiger partial charge in [-0.1, -0.05) is 23.7 Å². The van der Waals surface area contributed by atoms with Crippen molar-refractivity contribution in [2.45, 2.75) is 37.0 Å². The monoisotopic (exact) mass is 560 g/mol. The maximum atomic E-state index is 10.6. The summed E-state index contributed by atoms with van der Waals surface area (Å²) in [4.78, 5) is 23.0. The molecule has 2 aliphatic rings. The first-order chi connectivity index (χ1) is 18.0. The Labute approximate surface area is 218 Å². The van der Waals surface area contributed by atoms with E-state index in [1.54, 1.807) is 6.07 Å². The fourth-order valence-corrected chi connectivity index (χ4v) is 4.28. The van der Waals surface area contributed by atoms with Crippen LogP contribution < -0.4 is 9.64 Å². The molecule has 5 N–H and O–H groups in total. The smallest absolute Gasteiger partial charge is 0.475 e. The number of halogens is 4. The van der Waals surface area contributed by atoms with E-state index in [1.807, 2.05) is 24.3 Å². The quantitative estimate of drug-likeness (QED) is 0.312. The van der Waals surface area contributed by atoms with Gasteiger partial charge in [-0.05, 0) is 24.6 Å². The number of aromatic nitrogens is 3. The zero-order valence-corrected chi connectivity index (χ0v) is 20.4. The molecule has 3 aromatic rings. The number of H-pyrrole nitrogens is 1. The van der Waals surface area contributed by atoms with Crippen molar-refractivity contribution >= 4 is 34.4 Å². The Morgan fingerprint density at radius 1 is 1.24 bits per heavy atom. The average molecular weight is 561 g/mol. The lowest BCUT2D eigenvalue weighted by molar-refractivity contribution is -0.192. The molecular formula is C23H24ClF3N4O7. The van der Waals surface area contributed by atoms with Crippen LogP contribution in [0.25, 0.3) is 22.4 Å². The molecule has 0 spiro atoms. The molecule has 2 fully saturated rings. The van der Waals surface area contributed by atoms with Crippen molar-refractivity contribution in [2.75, 3.05) is 31.2 Å². The van der Waals surface area contributed by atoms with Crippen molar-refractivity contribution in [2.24, 2.45) is 0 Å². The number of imidazole rings is 1. The fraction of sp³-hybridized carbons (Fsp3) is 0.435. The standard InChI is InChI=1S/C21H23ClN4O5.C2HF3O2/c22-14-7-15-20(25-21(23-15)31-17-10-30-16(9-27)19(17)29)24-18(14)11-1-3-12(4-2-11)26-6-5-13(28)8-26;3-2(4,5)1(6)7/h1-4,7,13,16-17,19,27-29H,5-6,8-10H2,(H,23,24,25);(H,6,7)/t13-,16-,17-,19-;/m1./s1. The third kappa shape index (κ3) is 6.27. The minimum Gasteiger partial charge on any atom is -0.475 e. The van der Waals surface area contributed by atoms with Gasteiger partial charge in [-0.3, -0.25) is 0 Å². The van der Waals surface area contributed by atoms with Crippen molar-refractivity contribution in [1.29, 1.82) is 0 Å². The number of hydrogen-bond acceptors (Lipinski definition) is 9. The molecule has 0 aliphatic carbocycles. The number of aliphatic carboxylic acids is 1. The summed E-state index contributed by atoms with van der Waals surface area (Å²) in [6, 6.07) is 9.82. The number of carboxylic acid groups (broad SMARTS) is 1. The predicted octanol–water partition coefficient (Wildman–Crippen LogP) is 1.98. The summed E-state index contributed by atoms with van der Waals surface area (Å²) in [5, 5.41) is 36.7. The number of ether oxygens (including phenoxy) is 2. The Morgan fingerprint density at radius 2 is 1.92 bits per heavy atom. The maximum Gasteiger partial charge on any atom is 0.490 e. The van der Waals surface area contributed by atoms with Crippen LogP contribution in [0.3, 0.4) is 0 Å². The Hall–Kier alpha value is -3.17. The van der Waals surface area contributed by atoms with E-state index >= 15 is 0 Å². The molecule has 0 saturated carbocycles. The third-order valence-electron chi connectivity index (χ3n) is 6.00. The SMILES string of the molecule is O=C(O)C(F)(F)F.OC[C@H]1OC[C@@H](Oc2nc3nc(-c4ccc(N5CC[C@@H](O)C5)cc4)c(Cl)cc3[nH]2)[C@@H]1O. The minimum atomic E-state index is -5.08. The van der Waals surface area contributed by atoms with Gasteiger partial charge in [-0.15, -0.1) is 0 Å². The summed E-state index contributed by atoms with van der Waals surface area (Å²) >= 11 is 6.48. The van der Waals surface area contributed by atoms with Gasteiger partial charge in [0.05, 0.1) is 35.6 Å². The summed E-state index contributed by atoms with van der Waals surface area (Å²) in [6.07, 6.45) is -6.83. The van der Waals surface area contributed by atoms with Crippen molar-refractivity contribution in [1.82, 2.24) is 15.0 Å². The van der Waals surface area contributed by atoms with Gasteiger partial charge >= 0.3 is 12.1 Å². The van der Waals surface area contributed by atoms with Gasteiger partial charge in [0.25, 0.3) is 6.01 Å². The molecule has 0 bridgehead atoms. The van der Waals surface area contributed by atoms with Gasteiger partial charge in [-0.25, -0.2) is 9.78 Å². The summed E-state index contributed by atoms with van der Waals surface area (Å²) in [5.41, 5.74) is 3.55. The maximum absolute atomic E-state index is 10.6. The Morgan fingerprint density at radius 3 is 2.47 bits per heavy atom. The van der Waals surface area contributed by atoms with E-state index in [-0.39, 0.29) is 25.3 Å². The van der Waals surface area contributed by atoms with Crippen LogP contribution in [0.2, 0.25) is 5.02 Å². The number of aliphatic hydroxyl groups excluding tert-OH is 3. The number of alkyl halides is 3. The van der Waals surface area contributed by atoms with E-state index in [0.717, 1.165) is 24.2 Å². The van der Waals surface area contributed by atoms with Crippen LogP contribution in [0.15, 0.2) is 30.3 Å². The number of benzene rings is 1. The lowest BCUT2D eigenvalue weighted by atomic mass is 10.1. The highest BCUT2D eigenvalue weighted by Gasteiger charge is 2.38. The molecule has 11 nitrogen and oxygen atoms in total. The van der Waals surface area contributed by atoms with Gasteiger partial charge in [0.1, 0.15) is 12.2 Å². The van der Waals surface area contributed by atoms with Crippen LogP contribution in [0, 0.1) is 0 Å². The Balaban J connectivity index is 0.000000426. The summed E-state index contributed by atoms with van der Waals surface area (Å²) in [6.45, 7) is 1.35. The van der Waals surface area contributed by atoms with Gasteiger partial charge in [-0.2, -0.15) is 18.2 Å². The van der Waals surface area contributed by atoms with Crippen molar-refractivity contribution in [3.8, 4) is 17.3 Å². The topological polar surface area (TPSA) is 161 Å². The number of β-amino-alcohol motifs (C(OH)–C–C–N with tert-alkyl or cyclic N) is 1. The second-order valence-electron chi connectivity index (χ2n) is 8.67. The van der Waals surface area contributed by atoms with Crippen molar-refractivity contribution < 1.29 is 47.9 Å².